The summed E-state index contributed by atoms with van der Waals surface area (Å²) in [5, 5.41) is 2.57. The van der Waals surface area contributed by atoms with Gasteiger partial charge in [-0.1, -0.05) is 34.5 Å². The average Bonchev–Trinajstić information content (AvgIpc) is 3.19. The molecule has 2 aromatic rings. The summed E-state index contributed by atoms with van der Waals surface area (Å²) >= 11 is 5.38. The third-order valence-electron chi connectivity index (χ3n) is 5.24. The molecule has 0 radical (unpaired) electrons. The summed E-state index contributed by atoms with van der Waals surface area (Å²) in [5.74, 6) is 0.241. The van der Waals surface area contributed by atoms with Crippen LogP contribution in [-0.2, 0) is 11.3 Å². The first-order valence-electron chi connectivity index (χ1n) is 10.4. The van der Waals surface area contributed by atoms with E-state index in [2.05, 4.69) is 56.5 Å². The Morgan fingerprint density at radius 3 is 2.60 bits per heavy atom. The minimum Gasteiger partial charge on any atom is -0.352 e. The van der Waals surface area contributed by atoms with Crippen molar-refractivity contribution in [3.8, 4) is 10.4 Å². The van der Waals surface area contributed by atoms with Gasteiger partial charge in [-0.3, -0.25) is 9.69 Å². The summed E-state index contributed by atoms with van der Waals surface area (Å²) in [7, 11) is 0. The number of primary amides is 1. The minimum atomic E-state index is -0.490. The molecular weight excluding hydrogens is 464 g/mol. The van der Waals surface area contributed by atoms with Gasteiger partial charge in [0.05, 0.1) is 0 Å². The summed E-state index contributed by atoms with van der Waals surface area (Å²) in [4.78, 5) is 30.1. The van der Waals surface area contributed by atoms with Gasteiger partial charge in [-0.2, -0.15) is 0 Å². The Balaban J connectivity index is 1.36. The minimum absolute atomic E-state index is 0.241. The van der Waals surface area contributed by atoms with Gasteiger partial charge in [0, 0.05) is 59.9 Å². The quantitative estimate of drug-likeness (QED) is 0.518. The topological polar surface area (TPSA) is 78.7 Å². The molecule has 3 rings (SSSR count). The molecule has 1 aromatic carbocycles. The Kier molecular flexibility index (Phi) is 8.72. The van der Waals surface area contributed by atoms with E-state index in [0.717, 1.165) is 56.5 Å². The number of nitrogens with one attached hydrogen (secondary N) is 1. The smallest absolute Gasteiger partial charge is 0.312 e. The maximum absolute atomic E-state index is 12.4. The predicted octanol–water partition coefficient (Wildman–Crippen LogP) is 4.05. The molecule has 6 nitrogen and oxygen atoms in total. The van der Waals surface area contributed by atoms with Crippen molar-refractivity contribution in [3.63, 3.8) is 0 Å². The van der Waals surface area contributed by atoms with Gasteiger partial charge in [-0.15, -0.1) is 11.3 Å². The van der Waals surface area contributed by atoms with Crippen molar-refractivity contribution in [3.05, 3.63) is 45.7 Å². The van der Waals surface area contributed by atoms with Crippen LogP contribution in [0.4, 0.5) is 4.79 Å². The fraction of sp³-hybridized carbons (Fsp3) is 0.455. The van der Waals surface area contributed by atoms with E-state index >= 15 is 0 Å². The van der Waals surface area contributed by atoms with Crippen molar-refractivity contribution in [2.24, 2.45) is 5.73 Å². The molecule has 2 heterocycles. The van der Waals surface area contributed by atoms with Gasteiger partial charge in [0.2, 0.25) is 5.91 Å². The predicted molar refractivity (Wildman–Crippen MR) is 125 cm³/mol. The van der Waals surface area contributed by atoms with Gasteiger partial charge in [0.15, 0.2) is 0 Å². The SMILES string of the molecule is NC(=O)NCCCCCC(=O)N1CCN(Cc2ccc(-c3cccc(Br)c3)s2)CC1. The summed E-state index contributed by atoms with van der Waals surface area (Å²) in [5.41, 5.74) is 6.27. The number of urea groups is 1. The molecule has 0 bridgehead atoms. The van der Waals surface area contributed by atoms with Gasteiger partial charge >= 0.3 is 6.03 Å². The first-order chi connectivity index (χ1) is 14.5. The number of amides is 3. The van der Waals surface area contributed by atoms with Gasteiger partial charge in [-0.25, -0.2) is 4.79 Å². The van der Waals surface area contributed by atoms with E-state index in [1.54, 1.807) is 0 Å². The molecule has 1 aromatic heterocycles. The van der Waals surface area contributed by atoms with Crippen molar-refractivity contribution in [2.45, 2.75) is 32.2 Å². The summed E-state index contributed by atoms with van der Waals surface area (Å²) in [6.07, 6.45) is 3.21. The summed E-state index contributed by atoms with van der Waals surface area (Å²) < 4.78 is 1.10. The van der Waals surface area contributed by atoms with Crippen LogP contribution >= 0.6 is 27.3 Å². The Morgan fingerprint density at radius 1 is 1.07 bits per heavy atom. The van der Waals surface area contributed by atoms with E-state index in [1.807, 2.05) is 22.3 Å². The number of carbonyl (C=O) groups is 2. The fourth-order valence-corrected chi connectivity index (χ4v) is 5.03. The lowest BCUT2D eigenvalue weighted by Gasteiger charge is -2.34. The molecule has 8 heteroatoms. The van der Waals surface area contributed by atoms with Crippen LogP contribution in [0.1, 0.15) is 30.6 Å². The summed E-state index contributed by atoms with van der Waals surface area (Å²) in [6, 6.07) is 12.3. The van der Waals surface area contributed by atoms with Crippen molar-refractivity contribution < 1.29 is 9.59 Å². The number of piperazine rings is 1. The number of halogens is 1. The van der Waals surface area contributed by atoms with Crippen molar-refractivity contribution >= 4 is 39.2 Å². The van der Waals surface area contributed by atoms with Crippen molar-refractivity contribution in [2.75, 3.05) is 32.7 Å². The zero-order chi connectivity index (χ0) is 21.3. The lowest BCUT2D eigenvalue weighted by atomic mass is 10.1. The molecule has 3 amide bonds. The number of thiophene rings is 1. The highest BCUT2D eigenvalue weighted by Crippen LogP contribution is 2.30. The Bertz CT molecular complexity index is 849. The highest BCUT2D eigenvalue weighted by atomic mass is 79.9. The molecule has 0 unspecified atom stereocenters. The molecule has 0 aliphatic carbocycles. The average molecular weight is 493 g/mol. The van der Waals surface area contributed by atoms with Gasteiger partial charge in [-0.05, 0) is 42.7 Å². The van der Waals surface area contributed by atoms with Gasteiger partial charge in [0.1, 0.15) is 0 Å². The third-order valence-corrected chi connectivity index (χ3v) is 6.85. The molecule has 1 fully saturated rings. The van der Waals surface area contributed by atoms with Crippen LogP contribution in [0.2, 0.25) is 0 Å². The molecular formula is C22H29BrN4O2S. The number of hydrogen-bond donors (Lipinski definition) is 2. The highest BCUT2D eigenvalue weighted by molar-refractivity contribution is 9.10. The fourth-order valence-electron chi connectivity index (χ4n) is 3.58. The van der Waals surface area contributed by atoms with Crippen molar-refractivity contribution in [1.29, 1.82) is 0 Å². The first-order valence-corrected chi connectivity index (χ1v) is 12.0. The van der Waals surface area contributed by atoms with Gasteiger partial charge in [0.25, 0.3) is 0 Å². The van der Waals surface area contributed by atoms with E-state index in [-0.39, 0.29) is 5.91 Å². The third kappa shape index (κ3) is 7.11. The van der Waals surface area contributed by atoms with E-state index in [9.17, 15) is 9.59 Å². The van der Waals surface area contributed by atoms with Crippen LogP contribution in [0.25, 0.3) is 10.4 Å². The zero-order valence-electron chi connectivity index (χ0n) is 17.1. The molecule has 162 valence electrons. The molecule has 3 N–H and O–H groups in total. The Labute approximate surface area is 190 Å². The van der Waals surface area contributed by atoms with Crippen LogP contribution in [0.15, 0.2) is 40.9 Å². The highest BCUT2D eigenvalue weighted by Gasteiger charge is 2.21. The van der Waals surface area contributed by atoms with Crippen LogP contribution in [0, 0.1) is 0 Å². The van der Waals surface area contributed by atoms with Gasteiger partial charge < -0.3 is 16.0 Å². The maximum atomic E-state index is 12.4. The normalized spacial score (nSPS) is 14.6. The lowest BCUT2D eigenvalue weighted by Crippen LogP contribution is -2.48. The number of nitrogens with zero attached hydrogens (tertiary/aromatic N) is 2. The lowest BCUT2D eigenvalue weighted by molar-refractivity contribution is -0.133. The standard InChI is InChI=1S/C22H29BrN4O2S/c23-18-6-4-5-17(15-18)20-9-8-19(30-20)16-26-11-13-27(14-12-26)21(28)7-2-1-3-10-25-22(24)29/h4-6,8-9,15H,1-3,7,10-14,16H2,(H3,24,25,29). The Morgan fingerprint density at radius 2 is 1.87 bits per heavy atom. The van der Waals surface area contributed by atoms with Crippen molar-refractivity contribution in [1.82, 2.24) is 15.1 Å². The maximum Gasteiger partial charge on any atom is 0.312 e. The molecule has 0 saturated carbocycles. The molecule has 30 heavy (non-hydrogen) atoms. The molecule has 1 aliphatic rings. The zero-order valence-corrected chi connectivity index (χ0v) is 19.5. The van der Waals surface area contributed by atoms with E-state index < -0.39 is 6.03 Å². The van der Waals surface area contributed by atoms with Crippen LogP contribution in [0.5, 0.6) is 0 Å². The first kappa shape index (κ1) is 22.8. The molecule has 1 aliphatic heterocycles. The number of nitrogens with two attached hydrogens (primary N) is 1. The number of rotatable bonds is 9. The summed E-state index contributed by atoms with van der Waals surface area (Å²) in [6.45, 7) is 4.94. The van der Waals surface area contributed by atoms with E-state index in [0.29, 0.717) is 13.0 Å². The Hall–Kier alpha value is -1.90. The molecule has 0 spiro atoms. The van der Waals surface area contributed by atoms with Crippen LogP contribution in [-0.4, -0.2) is 54.5 Å². The number of benzene rings is 1. The number of carbonyl (C=O) groups excluding carboxylic acids is 2. The second kappa shape index (κ2) is 11.5. The monoisotopic (exact) mass is 492 g/mol. The number of unbranched alkanes of at least 4 members (excludes halogenated alkanes) is 2. The largest absolute Gasteiger partial charge is 0.352 e. The van der Waals surface area contributed by atoms with E-state index in [4.69, 9.17) is 5.73 Å². The van der Waals surface area contributed by atoms with E-state index in [1.165, 1.54) is 15.3 Å². The second-order valence-corrected chi connectivity index (χ2v) is 9.62. The molecule has 0 atom stereocenters. The molecule has 1 saturated heterocycles. The second-order valence-electron chi connectivity index (χ2n) is 7.53. The van der Waals surface area contributed by atoms with Crippen LogP contribution < -0.4 is 11.1 Å². The number of hydrogen-bond acceptors (Lipinski definition) is 4. The van der Waals surface area contributed by atoms with Crippen LogP contribution in [0.3, 0.4) is 0 Å².